The van der Waals surface area contributed by atoms with Crippen molar-refractivity contribution >= 4 is 29.7 Å². The van der Waals surface area contributed by atoms with E-state index in [-0.39, 0.29) is 12.3 Å². The molecule has 32 heteroatoms. The van der Waals surface area contributed by atoms with Crippen molar-refractivity contribution in [1.82, 2.24) is 16.0 Å². The fraction of sp³-hybridized carbons (Fsp3) is 0.891. The van der Waals surface area contributed by atoms with Crippen LogP contribution in [-0.2, 0) is 61.9 Å². The highest BCUT2D eigenvalue weighted by Gasteiger charge is 2.62. The topological polar surface area (TPSA) is 519 Å². The van der Waals surface area contributed by atoms with Crippen LogP contribution in [0.4, 0.5) is 0 Å². The fourth-order valence-corrected chi connectivity index (χ4v) is 12.5. The molecule has 0 radical (unpaired) electrons. The van der Waals surface area contributed by atoms with Crippen molar-refractivity contribution in [2.45, 2.75) is 328 Å². The second-order valence-electron chi connectivity index (χ2n) is 25.8. The molecule has 5 unspecified atom stereocenters. The van der Waals surface area contributed by atoms with Crippen LogP contribution in [0.5, 0.6) is 0 Å². The Balaban J connectivity index is 1.54. The third-order valence-corrected chi connectivity index (χ3v) is 18.0. The van der Waals surface area contributed by atoms with Crippen molar-refractivity contribution in [3.8, 4) is 0 Å². The molecule has 4 aliphatic heterocycles. The Labute approximate surface area is 560 Å². The van der Waals surface area contributed by atoms with Gasteiger partial charge in [-0.2, -0.15) is 0 Å². The summed E-state index contributed by atoms with van der Waals surface area (Å²) in [5, 5.41) is 184. The summed E-state index contributed by atoms with van der Waals surface area (Å²) in [5.41, 5.74) is 0. The zero-order chi connectivity index (χ0) is 71.3. The van der Waals surface area contributed by atoms with Crippen molar-refractivity contribution in [2.75, 3.05) is 33.0 Å². The molecule has 0 aromatic rings. The summed E-state index contributed by atoms with van der Waals surface area (Å²) < 4.78 is 46.3. The molecule has 4 aliphatic rings. The molecule has 19 N–H and O–H groups in total. The molecule has 4 fully saturated rings. The molecule has 3 amide bonds. The third kappa shape index (κ3) is 25.1. The molecule has 4 rings (SSSR count). The third-order valence-electron chi connectivity index (χ3n) is 18.0. The molecular formula is C64H113N3O29. The van der Waals surface area contributed by atoms with Gasteiger partial charge in [-0.1, -0.05) is 142 Å². The van der Waals surface area contributed by atoms with Crippen LogP contribution in [0.2, 0.25) is 0 Å². The lowest BCUT2D eigenvalue weighted by atomic mass is 9.87. The maximum absolute atomic E-state index is 13.5. The first-order chi connectivity index (χ1) is 45.7. The molecule has 0 bridgehead atoms. The van der Waals surface area contributed by atoms with E-state index in [1.807, 2.05) is 6.08 Å². The van der Waals surface area contributed by atoms with E-state index in [1.54, 1.807) is 6.08 Å². The Morgan fingerprint density at radius 1 is 0.562 bits per heavy atom. The van der Waals surface area contributed by atoms with Gasteiger partial charge >= 0.3 is 11.9 Å². The number of aliphatic hydroxyl groups excluding tert-OH is 14. The van der Waals surface area contributed by atoms with Gasteiger partial charge in [0.25, 0.3) is 11.6 Å². The SMILES string of the molecule is CCCCCCCCCCCCC/C=C/[C@@H](O)[C@H](CO[C@@H]1O[C@H](CO)[C@@H](O[C@@H]2O[C@H](CO)[C@H](O)[C@H](OC3(C(=O)O)C[C@H](O)[C@@H](NC(C)=O)C(C(O)C(CO)O[C@@]4(C(=O)O)C[C@H](O)[C@@H](NC(C)=O)C([C@@H](O)[C@H](O)CO)O4)O3)[C@H]2O)[C@H](O)[C@H]1O)NC(=O)CCCCCCCCCCC. The highest BCUT2D eigenvalue weighted by atomic mass is 16.8. The lowest BCUT2D eigenvalue weighted by Crippen LogP contribution is -2.72. The number of hydrogen-bond donors (Lipinski definition) is 19. The molecule has 0 aliphatic carbocycles. The van der Waals surface area contributed by atoms with Crippen LogP contribution in [-0.4, -0.2) is 290 Å². The molecule has 558 valence electrons. The summed E-state index contributed by atoms with van der Waals surface area (Å²) in [6.07, 6.45) is -16.4. The van der Waals surface area contributed by atoms with Gasteiger partial charge in [0.05, 0.1) is 69.5 Å². The maximum atomic E-state index is 13.5. The minimum Gasteiger partial charge on any atom is -0.477 e. The number of carboxylic acid groups (broad SMARTS) is 2. The Hall–Kier alpha value is -3.79. The lowest BCUT2D eigenvalue weighted by Gasteiger charge is -2.51. The minimum absolute atomic E-state index is 0.153. The largest absolute Gasteiger partial charge is 0.477 e. The average Bonchev–Trinajstić information content (AvgIpc) is 0.760. The molecular weight excluding hydrogens is 1270 g/mol. The molecule has 24 atom stereocenters. The van der Waals surface area contributed by atoms with Crippen LogP contribution in [0.1, 0.15) is 182 Å². The normalized spacial score (nSPS) is 33.0. The number of hydrogen-bond acceptors (Lipinski definition) is 27. The summed E-state index contributed by atoms with van der Waals surface area (Å²) in [6, 6.07) is -4.72. The van der Waals surface area contributed by atoms with E-state index < -0.39 is 216 Å². The number of aliphatic carboxylic acids is 2. The number of rotatable bonds is 46. The van der Waals surface area contributed by atoms with Gasteiger partial charge in [0.2, 0.25) is 17.7 Å². The molecule has 4 saturated heterocycles. The Morgan fingerprint density at radius 3 is 1.53 bits per heavy atom. The van der Waals surface area contributed by atoms with Crippen molar-refractivity contribution in [3.63, 3.8) is 0 Å². The standard InChI is InChI=1S/C64H113N3O29/c1-5-7-9-11-13-15-16-17-18-20-21-23-25-27-39(74)38(67-46(78)28-26-24-22-19-14-12-10-8-6-2)35-89-59-53(83)52(82)55(45(34-71)91-59)92-60-54(84)58(50(80)43(32-69)90-60)96-64(62(87)88)30-41(76)48(66-37(4)73)57(95-64)51(81)44(33-70)93-63(61(85)86)29-40(75)47(65-36(3)72)56(94-63)49(79)42(77)31-68/h25,27,38-45,47-60,68-71,74-77,79-84H,5-24,26,28-35H2,1-4H3,(H,65,72)(H,66,73)(H,67,78)(H,85,86)(H,87,88)/b27-25+/t38-,39+,40-,41-,42+,43+,44?,45+,47+,48+,49-,50-,51?,52+,53+,54+,55+,56?,57?,58-,59+,60-,63-,64?/m0/s1. The van der Waals surface area contributed by atoms with Crippen LogP contribution >= 0.6 is 0 Å². The van der Waals surface area contributed by atoms with E-state index >= 15 is 0 Å². The second kappa shape index (κ2) is 43.1. The Morgan fingerprint density at radius 2 is 1.04 bits per heavy atom. The quantitative estimate of drug-likeness (QED) is 0.0231. The molecule has 0 spiro atoms. The van der Waals surface area contributed by atoms with Gasteiger partial charge in [-0.05, 0) is 19.3 Å². The molecule has 4 heterocycles. The van der Waals surface area contributed by atoms with Crippen LogP contribution in [0.3, 0.4) is 0 Å². The van der Waals surface area contributed by atoms with E-state index in [0.717, 1.165) is 78.1 Å². The van der Waals surface area contributed by atoms with Crippen molar-refractivity contribution < 1.29 is 144 Å². The summed E-state index contributed by atoms with van der Waals surface area (Å²) in [6.45, 7) is 1.03. The summed E-state index contributed by atoms with van der Waals surface area (Å²) >= 11 is 0. The number of carbonyl (C=O) groups is 5. The first-order valence-corrected chi connectivity index (χ1v) is 34.2. The summed E-state index contributed by atoms with van der Waals surface area (Å²) in [4.78, 5) is 64.7. The first kappa shape index (κ1) is 84.6. The number of nitrogens with one attached hydrogen (secondary N) is 3. The molecule has 96 heavy (non-hydrogen) atoms. The number of aliphatic hydroxyl groups is 14. The van der Waals surface area contributed by atoms with Gasteiger partial charge in [0.15, 0.2) is 12.6 Å². The summed E-state index contributed by atoms with van der Waals surface area (Å²) in [7, 11) is 0. The lowest BCUT2D eigenvalue weighted by molar-refractivity contribution is -0.388. The monoisotopic (exact) mass is 1390 g/mol. The summed E-state index contributed by atoms with van der Waals surface area (Å²) in [5.74, 6) is -13.1. The van der Waals surface area contributed by atoms with Gasteiger partial charge in [-0.25, -0.2) is 9.59 Å². The van der Waals surface area contributed by atoms with Crippen molar-refractivity contribution in [2.24, 2.45) is 0 Å². The second-order valence-corrected chi connectivity index (χ2v) is 25.8. The predicted octanol–water partition coefficient (Wildman–Crippen LogP) is -2.00. The van der Waals surface area contributed by atoms with E-state index in [0.29, 0.717) is 12.8 Å². The smallest absolute Gasteiger partial charge is 0.364 e. The number of ether oxygens (including phenoxy) is 8. The van der Waals surface area contributed by atoms with E-state index in [9.17, 15) is 106 Å². The predicted molar refractivity (Wildman–Crippen MR) is 335 cm³/mol. The van der Waals surface area contributed by atoms with Crippen LogP contribution in [0, 0.1) is 0 Å². The van der Waals surface area contributed by atoms with E-state index in [4.69, 9.17) is 37.9 Å². The van der Waals surface area contributed by atoms with Crippen molar-refractivity contribution in [1.29, 1.82) is 0 Å². The number of carbonyl (C=O) groups excluding carboxylic acids is 3. The molecule has 0 aromatic heterocycles. The van der Waals surface area contributed by atoms with Crippen LogP contribution in [0.15, 0.2) is 12.2 Å². The van der Waals surface area contributed by atoms with Crippen LogP contribution < -0.4 is 16.0 Å². The molecule has 0 aromatic carbocycles. The highest BCUT2D eigenvalue weighted by Crippen LogP contribution is 2.41. The number of amides is 3. The van der Waals surface area contributed by atoms with Gasteiger partial charge in [-0.15, -0.1) is 0 Å². The number of allylic oxidation sites excluding steroid dienone is 1. The first-order valence-electron chi connectivity index (χ1n) is 34.2. The Bertz CT molecular complexity index is 2300. The fourth-order valence-electron chi connectivity index (χ4n) is 12.5. The van der Waals surface area contributed by atoms with E-state index in [2.05, 4.69) is 29.8 Å². The van der Waals surface area contributed by atoms with E-state index in [1.165, 1.54) is 57.8 Å². The Kier molecular flexibility index (Phi) is 38.0. The van der Waals surface area contributed by atoms with Gasteiger partial charge in [-0.3, -0.25) is 14.4 Å². The molecule has 0 saturated carbocycles. The maximum Gasteiger partial charge on any atom is 0.364 e. The zero-order valence-electron chi connectivity index (χ0n) is 55.8. The van der Waals surface area contributed by atoms with Crippen molar-refractivity contribution in [3.05, 3.63) is 12.2 Å². The number of unbranched alkanes of at least 4 members (excludes halogenated alkanes) is 19. The zero-order valence-corrected chi connectivity index (χ0v) is 55.8. The highest BCUT2D eigenvalue weighted by molar-refractivity contribution is 5.78. The van der Waals surface area contributed by atoms with Gasteiger partial charge in [0, 0.05) is 33.1 Å². The minimum atomic E-state index is -3.39. The average molecular weight is 1390 g/mol. The number of carboxylic acids is 2. The van der Waals surface area contributed by atoms with Crippen LogP contribution in [0.25, 0.3) is 0 Å². The molecule has 32 nitrogen and oxygen atoms in total. The van der Waals surface area contributed by atoms with Gasteiger partial charge in [0.1, 0.15) is 85.5 Å². The van der Waals surface area contributed by atoms with Gasteiger partial charge < -0.3 is 136 Å².